The highest BCUT2D eigenvalue weighted by Gasteiger charge is 2.15. The first-order valence-corrected chi connectivity index (χ1v) is 7.10. The van der Waals surface area contributed by atoms with Crippen molar-refractivity contribution in [3.8, 4) is 0 Å². The zero-order chi connectivity index (χ0) is 13.5. The molecule has 1 aromatic carbocycles. The van der Waals surface area contributed by atoms with Crippen molar-refractivity contribution in [1.82, 2.24) is 4.90 Å². The molecule has 0 saturated carbocycles. The molecular weight excluding hydrogens is 341 g/mol. The molecule has 1 rings (SSSR count). The van der Waals surface area contributed by atoms with E-state index in [1.165, 1.54) is 0 Å². The van der Waals surface area contributed by atoms with Gasteiger partial charge in [0.25, 0.3) is 5.91 Å². The van der Waals surface area contributed by atoms with E-state index in [4.69, 9.17) is 27.9 Å². The molecule has 3 nitrogen and oxygen atoms in total. The summed E-state index contributed by atoms with van der Waals surface area (Å²) in [5.41, 5.74) is 0.576. The van der Waals surface area contributed by atoms with E-state index in [-0.39, 0.29) is 5.91 Å². The van der Waals surface area contributed by atoms with Gasteiger partial charge in [-0.2, -0.15) is 0 Å². The quantitative estimate of drug-likeness (QED) is 0.732. The number of hydrogen-bond donors (Lipinski definition) is 0. The maximum atomic E-state index is 12.3. The van der Waals surface area contributed by atoms with E-state index in [9.17, 15) is 4.79 Å². The van der Waals surface area contributed by atoms with Gasteiger partial charge in [0.05, 0.1) is 11.6 Å². The average Bonchev–Trinajstić information content (AvgIpc) is 2.37. The van der Waals surface area contributed by atoms with Crippen LogP contribution in [0.3, 0.4) is 0 Å². The van der Waals surface area contributed by atoms with Crippen molar-refractivity contribution >= 4 is 45.0 Å². The number of amides is 1. The number of halogens is 3. The van der Waals surface area contributed by atoms with E-state index >= 15 is 0 Å². The lowest BCUT2D eigenvalue weighted by Gasteiger charge is -2.21. The van der Waals surface area contributed by atoms with Crippen LogP contribution in [-0.2, 0) is 4.74 Å². The molecule has 1 aromatic rings. The Labute approximate surface area is 125 Å². The molecule has 0 fully saturated rings. The van der Waals surface area contributed by atoms with Crippen LogP contribution < -0.4 is 0 Å². The predicted molar refractivity (Wildman–Crippen MR) is 77.7 cm³/mol. The van der Waals surface area contributed by atoms with E-state index < -0.39 is 0 Å². The Morgan fingerprint density at radius 2 is 2.17 bits per heavy atom. The SMILES string of the molecule is COCCN(CCCl)C(=O)c1ccc(Cl)c(Br)c1. The van der Waals surface area contributed by atoms with Crippen molar-refractivity contribution in [3.05, 3.63) is 33.3 Å². The van der Waals surface area contributed by atoms with Gasteiger partial charge in [-0.05, 0) is 34.1 Å². The molecule has 0 saturated heterocycles. The minimum absolute atomic E-state index is 0.0786. The highest BCUT2D eigenvalue weighted by atomic mass is 79.9. The van der Waals surface area contributed by atoms with Crippen molar-refractivity contribution in [2.24, 2.45) is 0 Å². The van der Waals surface area contributed by atoms with E-state index in [2.05, 4.69) is 15.9 Å². The van der Waals surface area contributed by atoms with Crippen LogP contribution in [0.25, 0.3) is 0 Å². The van der Waals surface area contributed by atoms with E-state index in [0.717, 1.165) is 0 Å². The van der Waals surface area contributed by atoms with Crippen molar-refractivity contribution in [1.29, 1.82) is 0 Å². The monoisotopic (exact) mass is 353 g/mol. The summed E-state index contributed by atoms with van der Waals surface area (Å²) in [6.45, 7) is 1.49. The van der Waals surface area contributed by atoms with Crippen LogP contribution in [-0.4, -0.2) is 43.5 Å². The van der Waals surface area contributed by atoms with Gasteiger partial charge in [0.15, 0.2) is 0 Å². The summed E-state index contributed by atoms with van der Waals surface area (Å²) in [6, 6.07) is 5.09. The Balaban J connectivity index is 2.83. The van der Waals surface area contributed by atoms with E-state index in [1.807, 2.05) is 0 Å². The second kappa shape index (κ2) is 8.00. The first kappa shape index (κ1) is 15.8. The Morgan fingerprint density at radius 3 is 2.72 bits per heavy atom. The van der Waals surface area contributed by atoms with Gasteiger partial charge in [-0.15, -0.1) is 11.6 Å². The second-order valence-corrected chi connectivity index (χ2v) is 5.24. The number of hydrogen-bond acceptors (Lipinski definition) is 2. The number of rotatable bonds is 6. The lowest BCUT2D eigenvalue weighted by Crippen LogP contribution is -2.35. The second-order valence-electron chi connectivity index (χ2n) is 3.60. The summed E-state index contributed by atoms with van der Waals surface area (Å²) in [4.78, 5) is 13.9. The van der Waals surface area contributed by atoms with Crippen LogP contribution in [0.1, 0.15) is 10.4 Å². The fraction of sp³-hybridized carbons (Fsp3) is 0.417. The number of benzene rings is 1. The maximum Gasteiger partial charge on any atom is 0.254 e. The van der Waals surface area contributed by atoms with Crippen LogP contribution in [0.5, 0.6) is 0 Å². The third-order valence-electron chi connectivity index (χ3n) is 2.37. The zero-order valence-electron chi connectivity index (χ0n) is 9.96. The Hall–Kier alpha value is -0.290. The summed E-state index contributed by atoms with van der Waals surface area (Å²) in [5.74, 6) is 0.314. The smallest absolute Gasteiger partial charge is 0.254 e. The average molecular weight is 355 g/mol. The van der Waals surface area contributed by atoms with Gasteiger partial charge in [0.2, 0.25) is 0 Å². The summed E-state index contributed by atoms with van der Waals surface area (Å²) in [5, 5.41) is 0.576. The molecular formula is C12H14BrCl2NO2. The highest BCUT2D eigenvalue weighted by molar-refractivity contribution is 9.10. The summed E-state index contributed by atoms with van der Waals surface area (Å²) < 4.78 is 5.68. The molecule has 0 radical (unpaired) electrons. The molecule has 0 atom stereocenters. The topological polar surface area (TPSA) is 29.5 Å². The lowest BCUT2D eigenvalue weighted by atomic mass is 10.2. The van der Waals surface area contributed by atoms with Crippen molar-refractivity contribution in [2.75, 3.05) is 32.7 Å². The lowest BCUT2D eigenvalue weighted by molar-refractivity contribution is 0.0708. The standard InChI is InChI=1S/C12H14BrCl2NO2/c1-18-7-6-16(5-4-14)12(17)9-2-3-11(15)10(13)8-9/h2-3,8H,4-7H2,1H3. The molecule has 0 spiro atoms. The van der Waals surface area contributed by atoms with Crippen LogP contribution in [0.2, 0.25) is 5.02 Å². The normalized spacial score (nSPS) is 10.4. The third kappa shape index (κ3) is 4.43. The molecule has 0 aliphatic heterocycles. The Bertz CT molecular complexity index is 415. The Morgan fingerprint density at radius 1 is 1.44 bits per heavy atom. The number of methoxy groups -OCH3 is 1. The van der Waals surface area contributed by atoms with Gasteiger partial charge in [0.1, 0.15) is 0 Å². The van der Waals surface area contributed by atoms with E-state index in [1.54, 1.807) is 30.2 Å². The predicted octanol–water partition coefficient (Wildman–Crippen LogP) is 3.43. The minimum atomic E-state index is -0.0786. The van der Waals surface area contributed by atoms with Crippen molar-refractivity contribution in [2.45, 2.75) is 0 Å². The molecule has 0 N–H and O–H groups in total. The van der Waals surface area contributed by atoms with Crippen LogP contribution in [0.4, 0.5) is 0 Å². The first-order chi connectivity index (χ1) is 8.60. The number of ether oxygens (including phenoxy) is 1. The summed E-state index contributed by atoms with van der Waals surface area (Å²) in [7, 11) is 1.60. The van der Waals surface area contributed by atoms with Gasteiger partial charge in [0, 0.05) is 36.1 Å². The number of carbonyl (C=O) groups excluding carboxylic acids is 1. The van der Waals surface area contributed by atoms with Gasteiger partial charge in [-0.3, -0.25) is 4.79 Å². The molecule has 0 bridgehead atoms. The van der Waals surface area contributed by atoms with Gasteiger partial charge in [-0.1, -0.05) is 11.6 Å². The van der Waals surface area contributed by atoms with Crippen molar-refractivity contribution < 1.29 is 9.53 Å². The summed E-state index contributed by atoms with van der Waals surface area (Å²) >= 11 is 14.9. The van der Waals surface area contributed by atoms with Gasteiger partial charge < -0.3 is 9.64 Å². The van der Waals surface area contributed by atoms with Gasteiger partial charge >= 0.3 is 0 Å². The molecule has 0 aromatic heterocycles. The highest BCUT2D eigenvalue weighted by Crippen LogP contribution is 2.23. The molecule has 18 heavy (non-hydrogen) atoms. The maximum absolute atomic E-state index is 12.3. The Kier molecular flexibility index (Phi) is 7.00. The molecule has 0 unspecified atom stereocenters. The minimum Gasteiger partial charge on any atom is -0.383 e. The number of alkyl halides is 1. The first-order valence-electron chi connectivity index (χ1n) is 5.39. The largest absolute Gasteiger partial charge is 0.383 e. The molecule has 1 amide bonds. The van der Waals surface area contributed by atoms with E-state index in [0.29, 0.717) is 40.6 Å². The third-order valence-corrected chi connectivity index (χ3v) is 3.76. The van der Waals surface area contributed by atoms with Crippen LogP contribution >= 0.6 is 39.1 Å². The molecule has 100 valence electrons. The van der Waals surface area contributed by atoms with Gasteiger partial charge in [-0.25, -0.2) is 0 Å². The zero-order valence-corrected chi connectivity index (χ0v) is 13.1. The fourth-order valence-corrected chi connectivity index (χ4v) is 2.13. The molecule has 0 aliphatic carbocycles. The van der Waals surface area contributed by atoms with Crippen LogP contribution in [0, 0.1) is 0 Å². The fourth-order valence-electron chi connectivity index (χ4n) is 1.43. The summed E-state index contributed by atoms with van der Waals surface area (Å²) in [6.07, 6.45) is 0. The molecule has 0 aliphatic rings. The van der Waals surface area contributed by atoms with Crippen molar-refractivity contribution in [3.63, 3.8) is 0 Å². The van der Waals surface area contributed by atoms with Crippen LogP contribution in [0.15, 0.2) is 22.7 Å². The molecule has 0 heterocycles. The molecule has 6 heteroatoms. The number of nitrogens with zero attached hydrogens (tertiary/aromatic N) is 1. The number of carbonyl (C=O) groups is 1.